The summed E-state index contributed by atoms with van der Waals surface area (Å²) in [5.41, 5.74) is 3.15. The first-order chi connectivity index (χ1) is 8.06. The fraction of sp³-hybridized carbons (Fsp3) is 0.133. The molecule has 0 fully saturated rings. The molecular formula is C15H13ClO. The minimum absolute atomic E-state index is 0.438. The summed E-state index contributed by atoms with van der Waals surface area (Å²) in [4.78, 5) is 10.8. The maximum atomic E-state index is 10.8. The Hall–Kier alpha value is -1.60. The molecule has 0 aliphatic rings. The minimum atomic E-state index is -0.438. The zero-order chi connectivity index (χ0) is 12.4. The Kier molecular flexibility index (Phi) is 3.30. The van der Waals surface area contributed by atoms with E-state index in [4.69, 9.17) is 11.6 Å². The lowest BCUT2D eigenvalue weighted by Gasteiger charge is -2.04. The van der Waals surface area contributed by atoms with Crippen LogP contribution in [0.2, 0.25) is 0 Å². The highest BCUT2D eigenvalue weighted by Gasteiger charge is 2.00. The molecule has 0 aliphatic heterocycles. The lowest BCUT2D eigenvalue weighted by molar-refractivity contribution is -0.107. The quantitative estimate of drug-likeness (QED) is 0.568. The van der Waals surface area contributed by atoms with Crippen LogP contribution in [0.5, 0.6) is 0 Å². The van der Waals surface area contributed by atoms with Gasteiger partial charge >= 0.3 is 0 Å². The van der Waals surface area contributed by atoms with Gasteiger partial charge in [0, 0.05) is 6.08 Å². The maximum absolute atomic E-state index is 10.8. The first-order valence-corrected chi connectivity index (χ1v) is 5.82. The smallest absolute Gasteiger partial charge is 0.245 e. The SMILES string of the molecule is CC(=CC(=O)Cl)c1ccc2cc(C)ccc2c1. The molecule has 86 valence electrons. The van der Waals surface area contributed by atoms with E-state index in [1.165, 1.54) is 22.4 Å². The van der Waals surface area contributed by atoms with Gasteiger partial charge in [0.1, 0.15) is 0 Å². The molecule has 0 N–H and O–H groups in total. The number of hydrogen-bond acceptors (Lipinski definition) is 1. The average molecular weight is 245 g/mol. The van der Waals surface area contributed by atoms with Gasteiger partial charge in [-0.1, -0.05) is 35.9 Å². The van der Waals surface area contributed by atoms with Crippen molar-refractivity contribution in [2.24, 2.45) is 0 Å². The van der Waals surface area contributed by atoms with Crippen LogP contribution in [-0.2, 0) is 4.79 Å². The third-order valence-electron chi connectivity index (χ3n) is 2.78. The van der Waals surface area contributed by atoms with Gasteiger partial charge in [0.05, 0.1) is 0 Å². The number of carbonyl (C=O) groups is 1. The van der Waals surface area contributed by atoms with Crippen molar-refractivity contribution in [2.75, 3.05) is 0 Å². The third kappa shape index (κ3) is 2.75. The van der Waals surface area contributed by atoms with Crippen LogP contribution in [0.25, 0.3) is 16.3 Å². The maximum Gasteiger partial charge on any atom is 0.245 e. The van der Waals surface area contributed by atoms with Crippen LogP contribution in [0.4, 0.5) is 0 Å². The van der Waals surface area contributed by atoms with Gasteiger partial charge in [0.15, 0.2) is 0 Å². The molecule has 0 heterocycles. The van der Waals surface area contributed by atoms with Gasteiger partial charge in [-0.15, -0.1) is 0 Å². The molecule has 0 atom stereocenters. The molecule has 2 heteroatoms. The van der Waals surface area contributed by atoms with E-state index >= 15 is 0 Å². The van der Waals surface area contributed by atoms with Gasteiger partial charge in [-0.2, -0.15) is 0 Å². The summed E-state index contributed by atoms with van der Waals surface area (Å²) >= 11 is 5.35. The number of rotatable bonds is 2. The Balaban J connectivity index is 2.52. The standard InChI is InChI=1S/C15H13ClO/c1-10-3-4-14-9-12(5-6-13(14)7-10)11(2)8-15(16)17/h3-9H,1-2H3. The molecule has 0 aliphatic carbocycles. The molecule has 0 amide bonds. The van der Waals surface area contributed by atoms with Gasteiger partial charge < -0.3 is 0 Å². The van der Waals surface area contributed by atoms with Crippen molar-refractivity contribution in [3.63, 3.8) is 0 Å². The van der Waals surface area contributed by atoms with E-state index in [0.717, 1.165) is 11.1 Å². The Morgan fingerprint density at radius 3 is 2.47 bits per heavy atom. The second kappa shape index (κ2) is 4.72. The highest BCUT2D eigenvalue weighted by Crippen LogP contribution is 2.22. The van der Waals surface area contributed by atoms with Crippen LogP contribution in [0.15, 0.2) is 42.5 Å². The number of allylic oxidation sites excluding steroid dienone is 2. The van der Waals surface area contributed by atoms with Crippen LogP contribution in [-0.4, -0.2) is 5.24 Å². The van der Waals surface area contributed by atoms with Crippen LogP contribution >= 0.6 is 11.6 Å². The fourth-order valence-corrected chi connectivity index (χ4v) is 2.03. The van der Waals surface area contributed by atoms with Crippen molar-refractivity contribution >= 4 is 33.2 Å². The normalized spacial score (nSPS) is 11.8. The number of aryl methyl sites for hydroxylation is 1. The summed E-state index contributed by atoms with van der Waals surface area (Å²) in [6.07, 6.45) is 1.44. The highest BCUT2D eigenvalue weighted by atomic mass is 35.5. The lowest BCUT2D eigenvalue weighted by atomic mass is 10.0. The van der Waals surface area contributed by atoms with Gasteiger partial charge in [0.2, 0.25) is 5.24 Å². The van der Waals surface area contributed by atoms with Gasteiger partial charge in [-0.25, -0.2) is 0 Å². The fourth-order valence-electron chi connectivity index (χ4n) is 1.86. The first-order valence-electron chi connectivity index (χ1n) is 5.45. The van der Waals surface area contributed by atoms with Crippen molar-refractivity contribution < 1.29 is 4.79 Å². The van der Waals surface area contributed by atoms with E-state index in [1.807, 2.05) is 13.0 Å². The van der Waals surface area contributed by atoms with E-state index in [9.17, 15) is 4.79 Å². The van der Waals surface area contributed by atoms with Crippen molar-refractivity contribution in [3.05, 3.63) is 53.6 Å². The number of hydrogen-bond donors (Lipinski definition) is 0. The van der Waals surface area contributed by atoms with Crippen molar-refractivity contribution in [1.82, 2.24) is 0 Å². The van der Waals surface area contributed by atoms with Gasteiger partial charge in [0.25, 0.3) is 0 Å². The van der Waals surface area contributed by atoms with Crippen molar-refractivity contribution in [2.45, 2.75) is 13.8 Å². The molecule has 0 aromatic heterocycles. The number of fused-ring (bicyclic) bond motifs is 1. The molecule has 0 saturated carbocycles. The second-order valence-electron chi connectivity index (χ2n) is 4.20. The average Bonchev–Trinajstić information content (AvgIpc) is 2.27. The second-order valence-corrected chi connectivity index (χ2v) is 4.57. The summed E-state index contributed by atoms with van der Waals surface area (Å²) < 4.78 is 0. The molecule has 17 heavy (non-hydrogen) atoms. The van der Waals surface area contributed by atoms with Crippen LogP contribution in [0, 0.1) is 6.92 Å². The summed E-state index contributed by atoms with van der Waals surface area (Å²) in [7, 11) is 0. The monoisotopic (exact) mass is 244 g/mol. The Morgan fingerprint density at radius 2 is 1.76 bits per heavy atom. The van der Waals surface area contributed by atoms with Gasteiger partial charge in [-0.3, -0.25) is 4.79 Å². The van der Waals surface area contributed by atoms with E-state index < -0.39 is 5.24 Å². The Labute approximate surface area is 106 Å². The Morgan fingerprint density at radius 1 is 1.12 bits per heavy atom. The van der Waals surface area contributed by atoms with Crippen LogP contribution in [0.1, 0.15) is 18.1 Å². The van der Waals surface area contributed by atoms with Gasteiger partial charge in [-0.05, 0) is 53.4 Å². The number of halogens is 1. The summed E-state index contributed by atoms with van der Waals surface area (Å²) in [5, 5.41) is 1.94. The third-order valence-corrected chi connectivity index (χ3v) is 2.89. The number of carbonyl (C=O) groups excluding carboxylic acids is 1. The predicted molar refractivity (Wildman–Crippen MR) is 73.2 cm³/mol. The lowest BCUT2D eigenvalue weighted by Crippen LogP contribution is -1.85. The molecule has 0 bridgehead atoms. The molecule has 0 unspecified atom stereocenters. The predicted octanol–water partition coefficient (Wildman–Crippen LogP) is 4.32. The molecular weight excluding hydrogens is 232 g/mol. The topological polar surface area (TPSA) is 17.1 Å². The zero-order valence-corrected chi connectivity index (χ0v) is 10.6. The molecule has 2 aromatic carbocycles. The summed E-state index contributed by atoms with van der Waals surface area (Å²) in [6, 6.07) is 12.5. The highest BCUT2D eigenvalue weighted by molar-refractivity contribution is 6.67. The Bertz CT molecular complexity index is 611. The van der Waals surface area contributed by atoms with Crippen molar-refractivity contribution in [3.8, 4) is 0 Å². The molecule has 0 saturated heterocycles. The molecule has 0 spiro atoms. The molecule has 2 rings (SSSR count). The van der Waals surface area contributed by atoms with E-state index in [2.05, 4.69) is 37.3 Å². The summed E-state index contributed by atoms with van der Waals surface area (Å²) in [5.74, 6) is 0. The van der Waals surface area contributed by atoms with E-state index in [-0.39, 0.29) is 0 Å². The van der Waals surface area contributed by atoms with Crippen LogP contribution in [0.3, 0.4) is 0 Å². The first kappa shape index (κ1) is 11.9. The molecule has 2 aromatic rings. The van der Waals surface area contributed by atoms with Crippen LogP contribution < -0.4 is 0 Å². The zero-order valence-electron chi connectivity index (χ0n) is 9.83. The molecule has 1 nitrogen and oxygen atoms in total. The molecule has 0 radical (unpaired) electrons. The van der Waals surface area contributed by atoms with E-state index in [1.54, 1.807) is 0 Å². The summed E-state index contributed by atoms with van der Waals surface area (Å²) in [6.45, 7) is 3.96. The minimum Gasteiger partial charge on any atom is -0.276 e. The van der Waals surface area contributed by atoms with E-state index in [0.29, 0.717) is 0 Å². The van der Waals surface area contributed by atoms with Crippen molar-refractivity contribution in [1.29, 1.82) is 0 Å². The number of benzene rings is 2. The largest absolute Gasteiger partial charge is 0.276 e.